The molecular formula is C28H48F3N3O2. The van der Waals surface area contributed by atoms with Crippen LogP contribution in [0.15, 0.2) is 0 Å². The molecule has 36 heavy (non-hydrogen) atoms. The molecule has 208 valence electrons. The van der Waals surface area contributed by atoms with E-state index >= 15 is 0 Å². The lowest BCUT2D eigenvalue weighted by Gasteiger charge is -2.51. The van der Waals surface area contributed by atoms with Crippen LogP contribution in [0.4, 0.5) is 13.2 Å². The second-order valence-corrected chi connectivity index (χ2v) is 12.3. The minimum absolute atomic E-state index is 0.212. The van der Waals surface area contributed by atoms with Gasteiger partial charge in [-0.15, -0.1) is 13.2 Å². The van der Waals surface area contributed by atoms with E-state index in [1.807, 2.05) is 0 Å². The molecule has 2 saturated carbocycles. The van der Waals surface area contributed by atoms with Gasteiger partial charge >= 0.3 is 6.36 Å². The highest BCUT2D eigenvalue weighted by Gasteiger charge is 2.43. The number of piperazine rings is 1. The molecule has 1 N–H and O–H groups in total. The highest BCUT2D eigenvalue weighted by atomic mass is 19.4. The molecule has 0 bridgehead atoms. The number of piperidine rings is 1. The quantitative estimate of drug-likeness (QED) is 0.480. The number of rotatable bonds is 7. The number of ether oxygens (including phenoxy) is 1. The zero-order valence-corrected chi connectivity index (χ0v) is 22.4. The van der Waals surface area contributed by atoms with Gasteiger partial charge in [0.05, 0.1) is 6.10 Å². The largest absolute Gasteiger partial charge is 0.522 e. The molecular weight excluding hydrogens is 467 g/mol. The summed E-state index contributed by atoms with van der Waals surface area (Å²) in [5.41, 5.74) is 0. The van der Waals surface area contributed by atoms with E-state index < -0.39 is 12.5 Å². The van der Waals surface area contributed by atoms with E-state index in [1.165, 1.54) is 32.1 Å². The Morgan fingerprint density at radius 2 is 1.56 bits per heavy atom. The van der Waals surface area contributed by atoms with E-state index in [0.29, 0.717) is 54.9 Å². The summed E-state index contributed by atoms with van der Waals surface area (Å²) >= 11 is 0. The Morgan fingerprint density at radius 1 is 0.917 bits per heavy atom. The van der Waals surface area contributed by atoms with Crippen LogP contribution in [0, 0.1) is 23.7 Å². The molecule has 2 aliphatic heterocycles. The average molecular weight is 516 g/mol. The third kappa shape index (κ3) is 7.59. The molecule has 2 heterocycles. The molecule has 4 fully saturated rings. The number of carbonyl (C=O) groups excluding carboxylic acids is 1. The lowest BCUT2D eigenvalue weighted by atomic mass is 9.72. The summed E-state index contributed by atoms with van der Waals surface area (Å²) in [6, 6.07) is 0.629. The predicted molar refractivity (Wildman–Crippen MR) is 135 cm³/mol. The third-order valence-corrected chi connectivity index (χ3v) is 9.52. The van der Waals surface area contributed by atoms with E-state index in [0.717, 1.165) is 58.4 Å². The van der Waals surface area contributed by atoms with Crippen LogP contribution in [0.2, 0.25) is 0 Å². The Labute approximate surface area is 215 Å². The van der Waals surface area contributed by atoms with Crippen molar-refractivity contribution in [2.45, 2.75) is 115 Å². The maximum atomic E-state index is 13.4. The van der Waals surface area contributed by atoms with Gasteiger partial charge in [-0.25, -0.2) is 0 Å². The number of alkyl halides is 3. The van der Waals surface area contributed by atoms with Gasteiger partial charge in [-0.2, -0.15) is 0 Å². The van der Waals surface area contributed by atoms with Crippen LogP contribution >= 0.6 is 0 Å². The first kappa shape index (κ1) is 28.2. The smallest absolute Gasteiger partial charge is 0.337 e. The van der Waals surface area contributed by atoms with Crippen molar-refractivity contribution in [3.63, 3.8) is 0 Å². The minimum atomic E-state index is -4.54. The van der Waals surface area contributed by atoms with Gasteiger partial charge < -0.3 is 10.2 Å². The zero-order valence-electron chi connectivity index (χ0n) is 22.4. The Bertz CT molecular complexity index is 684. The van der Waals surface area contributed by atoms with Crippen molar-refractivity contribution in [2.75, 3.05) is 32.7 Å². The summed E-state index contributed by atoms with van der Waals surface area (Å²) in [5, 5.41) is 3.39. The van der Waals surface area contributed by atoms with E-state index in [4.69, 9.17) is 0 Å². The van der Waals surface area contributed by atoms with Crippen LogP contribution in [0.5, 0.6) is 0 Å². The van der Waals surface area contributed by atoms with E-state index in [9.17, 15) is 18.0 Å². The standard InChI is InChI=1S/C28H48F3N3O2/c1-20(2)25-19-33(16-17-34(25)26(35)18-21-12-14-32-15-13-21)27(22-6-4-3-5-7-22)23-8-10-24(11-9-23)36-28(29,30)31/h20-25,27,32H,3-19H2,1-2H3/t23?,24?,25-,27?/m1/s1. The fourth-order valence-corrected chi connectivity index (χ4v) is 7.63. The van der Waals surface area contributed by atoms with Crippen LogP contribution in [-0.2, 0) is 9.53 Å². The van der Waals surface area contributed by atoms with Crippen LogP contribution in [-0.4, -0.2) is 73.0 Å². The molecule has 8 heteroatoms. The van der Waals surface area contributed by atoms with Crippen molar-refractivity contribution in [1.82, 2.24) is 15.1 Å². The van der Waals surface area contributed by atoms with Crippen molar-refractivity contribution in [3.05, 3.63) is 0 Å². The maximum Gasteiger partial charge on any atom is 0.522 e. The number of halogens is 3. The van der Waals surface area contributed by atoms with Crippen LogP contribution < -0.4 is 5.32 Å². The number of carbonyl (C=O) groups is 1. The van der Waals surface area contributed by atoms with Crippen LogP contribution in [0.3, 0.4) is 0 Å². The summed E-state index contributed by atoms with van der Waals surface area (Å²) < 4.78 is 42.7. The summed E-state index contributed by atoms with van der Waals surface area (Å²) in [5.74, 6) is 2.24. The van der Waals surface area contributed by atoms with Gasteiger partial charge in [0.25, 0.3) is 0 Å². The normalized spacial score (nSPS) is 31.1. The summed E-state index contributed by atoms with van der Waals surface area (Å²) in [6.07, 6.45) is 6.48. The fourth-order valence-electron chi connectivity index (χ4n) is 7.63. The molecule has 0 spiro atoms. The number of hydrogen-bond acceptors (Lipinski definition) is 4. The van der Waals surface area contributed by atoms with Gasteiger partial charge in [0.2, 0.25) is 5.91 Å². The van der Waals surface area contributed by atoms with E-state index in [1.54, 1.807) is 0 Å². The van der Waals surface area contributed by atoms with Gasteiger partial charge in [0, 0.05) is 38.1 Å². The molecule has 0 radical (unpaired) electrons. The summed E-state index contributed by atoms with van der Waals surface area (Å²) in [4.78, 5) is 18.2. The second kappa shape index (κ2) is 12.8. The first-order valence-electron chi connectivity index (χ1n) is 14.7. The van der Waals surface area contributed by atoms with Gasteiger partial charge in [0.15, 0.2) is 0 Å². The number of amides is 1. The van der Waals surface area contributed by atoms with E-state index in [-0.39, 0.29) is 6.04 Å². The highest BCUT2D eigenvalue weighted by molar-refractivity contribution is 5.77. The molecule has 1 amide bonds. The van der Waals surface area contributed by atoms with Gasteiger partial charge in [0.1, 0.15) is 0 Å². The number of nitrogens with one attached hydrogen (secondary N) is 1. The van der Waals surface area contributed by atoms with Crippen molar-refractivity contribution in [3.8, 4) is 0 Å². The number of hydrogen-bond donors (Lipinski definition) is 1. The lowest BCUT2D eigenvalue weighted by Crippen LogP contribution is -2.62. The van der Waals surface area contributed by atoms with E-state index in [2.05, 4.69) is 33.7 Å². The first-order chi connectivity index (χ1) is 17.2. The van der Waals surface area contributed by atoms with Crippen LogP contribution in [0.1, 0.15) is 90.9 Å². The monoisotopic (exact) mass is 515 g/mol. The second-order valence-electron chi connectivity index (χ2n) is 12.3. The molecule has 1 unspecified atom stereocenters. The SMILES string of the molecule is CC(C)[C@H]1CN(C(C2CCCCC2)C2CCC(OC(F)(F)F)CC2)CCN1C(=O)CC1CCNCC1. The van der Waals surface area contributed by atoms with Crippen LogP contribution in [0.25, 0.3) is 0 Å². The summed E-state index contributed by atoms with van der Waals surface area (Å²) in [7, 11) is 0. The van der Waals surface area contributed by atoms with Gasteiger partial charge in [-0.3, -0.25) is 14.4 Å². The number of nitrogens with zero attached hydrogens (tertiary/aromatic N) is 2. The predicted octanol–water partition coefficient (Wildman–Crippen LogP) is 5.59. The minimum Gasteiger partial charge on any atom is -0.337 e. The highest BCUT2D eigenvalue weighted by Crippen LogP contribution is 2.41. The lowest BCUT2D eigenvalue weighted by molar-refractivity contribution is -0.346. The summed E-state index contributed by atoms with van der Waals surface area (Å²) in [6.45, 7) is 9.05. The van der Waals surface area contributed by atoms with Crippen molar-refractivity contribution in [2.24, 2.45) is 23.7 Å². The van der Waals surface area contributed by atoms with Crippen molar-refractivity contribution < 1.29 is 22.7 Å². The Kier molecular flexibility index (Phi) is 10.0. The average Bonchev–Trinajstić information content (AvgIpc) is 2.85. The van der Waals surface area contributed by atoms with Gasteiger partial charge in [-0.05, 0) is 88.1 Å². The molecule has 4 rings (SSSR count). The third-order valence-electron chi connectivity index (χ3n) is 9.52. The van der Waals surface area contributed by atoms with Crippen molar-refractivity contribution >= 4 is 5.91 Å². The Balaban J connectivity index is 1.42. The Morgan fingerprint density at radius 3 is 2.17 bits per heavy atom. The zero-order chi connectivity index (χ0) is 25.7. The van der Waals surface area contributed by atoms with Crippen molar-refractivity contribution in [1.29, 1.82) is 0 Å². The Hall–Kier alpha value is -0.860. The van der Waals surface area contributed by atoms with Gasteiger partial charge in [-0.1, -0.05) is 33.1 Å². The molecule has 0 aromatic rings. The molecule has 5 nitrogen and oxygen atoms in total. The molecule has 0 aromatic heterocycles. The molecule has 2 atom stereocenters. The molecule has 4 aliphatic rings. The molecule has 2 aliphatic carbocycles. The topological polar surface area (TPSA) is 44.8 Å². The fraction of sp³-hybridized carbons (Fsp3) is 0.964. The molecule has 2 saturated heterocycles. The first-order valence-corrected chi connectivity index (χ1v) is 14.7. The maximum absolute atomic E-state index is 13.4. The molecule has 0 aromatic carbocycles.